The Labute approximate surface area is 182 Å². The van der Waals surface area contributed by atoms with Crippen molar-refractivity contribution in [2.75, 3.05) is 5.32 Å². The normalized spacial score (nSPS) is 23.5. The molecular formula is C23H30N4O2S. The SMILES string of the molecule is CC1=C/C(=N/N=C2\NC(=O)[C@H](CC(=O)Nc3c(C)cc(C)cc3C)S2)CC(C)(C)C1. The van der Waals surface area contributed by atoms with Gasteiger partial charge in [-0.1, -0.05) is 48.9 Å². The second-order valence-electron chi connectivity index (χ2n) is 9.13. The zero-order chi connectivity index (χ0) is 22.1. The number of allylic oxidation sites excluding steroid dienone is 2. The molecule has 2 amide bonds. The molecule has 0 saturated carbocycles. The van der Waals surface area contributed by atoms with Crippen LogP contribution in [0.3, 0.4) is 0 Å². The van der Waals surface area contributed by atoms with Gasteiger partial charge < -0.3 is 10.6 Å². The van der Waals surface area contributed by atoms with Crippen LogP contribution in [-0.2, 0) is 9.59 Å². The molecule has 160 valence electrons. The Bertz CT molecular complexity index is 952. The molecule has 0 aromatic heterocycles. The second-order valence-corrected chi connectivity index (χ2v) is 10.3. The van der Waals surface area contributed by atoms with Crippen molar-refractivity contribution in [3.8, 4) is 0 Å². The highest BCUT2D eigenvalue weighted by Gasteiger charge is 2.32. The first kappa shape index (κ1) is 22.3. The summed E-state index contributed by atoms with van der Waals surface area (Å²) in [6.45, 7) is 12.5. The molecule has 1 aliphatic heterocycles. The Morgan fingerprint density at radius 2 is 1.83 bits per heavy atom. The van der Waals surface area contributed by atoms with Crippen LogP contribution in [0.2, 0.25) is 0 Å². The maximum Gasteiger partial charge on any atom is 0.240 e. The standard InChI is InChI=1S/C23H30N4O2S/c1-13-7-15(3)20(16(4)8-13)24-19(28)10-18-21(29)25-22(30-18)27-26-17-9-14(2)11-23(5,6)12-17/h7-9,18H,10-12H2,1-6H3,(H,24,28)(H,25,27,29)/b26-17-/t18-/m0/s1. The Balaban J connectivity index is 1.64. The summed E-state index contributed by atoms with van der Waals surface area (Å²) in [7, 11) is 0. The van der Waals surface area contributed by atoms with Crippen LogP contribution < -0.4 is 10.6 Å². The third kappa shape index (κ3) is 5.59. The summed E-state index contributed by atoms with van der Waals surface area (Å²) >= 11 is 1.26. The molecule has 1 heterocycles. The summed E-state index contributed by atoms with van der Waals surface area (Å²) in [5.74, 6) is -0.389. The lowest BCUT2D eigenvalue weighted by molar-refractivity contribution is -0.122. The average molecular weight is 427 g/mol. The van der Waals surface area contributed by atoms with Crippen molar-refractivity contribution in [2.45, 2.75) is 66.1 Å². The number of amidine groups is 1. The molecule has 30 heavy (non-hydrogen) atoms. The van der Waals surface area contributed by atoms with Crippen LogP contribution >= 0.6 is 11.8 Å². The molecule has 3 rings (SSSR count). The summed E-state index contributed by atoms with van der Waals surface area (Å²) in [5.41, 5.74) is 6.36. The number of nitrogens with zero attached hydrogens (tertiary/aromatic N) is 2. The maximum absolute atomic E-state index is 12.5. The monoisotopic (exact) mass is 426 g/mol. The van der Waals surface area contributed by atoms with E-state index in [1.807, 2.05) is 32.9 Å². The van der Waals surface area contributed by atoms with E-state index in [9.17, 15) is 9.59 Å². The number of hydrogen-bond acceptors (Lipinski definition) is 5. The van der Waals surface area contributed by atoms with Gasteiger partial charge in [-0.15, -0.1) is 5.10 Å². The first-order valence-electron chi connectivity index (χ1n) is 10.2. The van der Waals surface area contributed by atoms with Crippen LogP contribution in [-0.4, -0.2) is 27.9 Å². The highest BCUT2D eigenvalue weighted by Crippen LogP contribution is 2.34. The van der Waals surface area contributed by atoms with E-state index >= 15 is 0 Å². The molecule has 7 heteroatoms. The molecule has 0 spiro atoms. The number of amides is 2. The van der Waals surface area contributed by atoms with Gasteiger partial charge in [0.1, 0.15) is 5.25 Å². The van der Waals surface area contributed by atoms with Crippen LogP contribution in [0.1, 0.15) is 56.7 Å². The molecule has 6 nitrogen and oxygen atoms in total. The van der Waals surface area contributed by atoms with Gasteiger partial charge in [0.05, 0.1) is 5.71 Å². The van der Waals surface area contributed by atoms with E-state index in [1.54, 1.807) is 0 Å². The number of carbonyl (C=O) groups excluding carboxylic acids is 2. The predicted molar refractivity (Wildman–Crippen MR) is 125 cm³/mol. The summed E-state index contributed by atoms with van der Waals surface area (Å²) in [6, 6.07) is 4.07. The lowest BCUT2D eigenvalue weighted by Gasteiger charge is -2.28. The Morgan fingerprint density at radius 1 is 1.17 bits per heavy atom. The number of rotatable bonds is 4. The number of hydrogen-bond donors (Lipinski definition) is 2. The van der Waals surface area contributed by atoms with Crippen LogP contribution in [0.15, 0.2) is 34.0 Å². The van der Waals surface area contributed by atoms with E-state index < -0.39 is 5.25 Å². The zero-order valence-corrected chi connectivity index (χ0v) is 19.4. The lowest BCUT2D eigenvalue weighted by atomic mass is 9.77. The quantitative estimate of drug-likeness (QED) is 0.688. The van der Waals surface area contributed by atoms with Crippen molar-refractivity contribution in [3.05, 3.63) is 40.5 Å². The summed E-state index contributed by atoms with van der Waals surface area (Å²) in [6.07, 6.45) is 4.05. The van der Waals surface area contributed by atoms with Gasteiger partial charge >= 0.3 is 0 Å². The molecule has 0 bridgehead atoms. The van der Waals surface area contributed by atoms with Crippen LogP contribution in [0.25, 0.3) is 0 Å². The van der Waals surface area contributed by atoms with Gasteiger partial charge in [0.25, 0.3) is 0 Å². The van der Waals surface area contributed by atoms with E-state index in [0.717, 1.165) is 40.9 Å². The van der Waals surface area contributed by atoms with Gasteiger partial charge in [0, 0.05) is 12.1 Å². The summed E-state index contributed by atoms with van der Waals surface area (Å²) in [4.78, 5) is 24.8. The fraction of sp³-hybridized carbons (Fsp3) is 0.478. The van der Waals surface area contributed by atoms with Crippen LogP contribution in [0, 0.1) is 26.2 Å². The van der Waals surface area contributed by atoms with E-state index in [4.69, 9.17) is 0 Å². The van der Waals surface area contributed by atoms with Crippen molar-refractivity contribution in [1.82, 2.24) is 5.32 Å². The highest BCUT2D eigenvalue weighted by molar-refractivity contribution is 8.15. The number of anilines is 1. The minimum Gasteiger partial charge on any atom is -0.326 e. The average Bonchev–Trinajstić information content (AvgIpc) is 2.94. The maximum atomic E-state index is 12.5. The zero-order valence-electron chi connectivity index (χ0n) is 18.5. The molecule has 1 aliphatic carbocycles. The van der Waals surface area contributed by atoms with Gasteiger partial charge in [-0.25, -0.2) is 0 Å². The molecule has 1 atom stereocenters. The molecule has 2 N–H and O–H groups in total. The van der Waals surface area contributed by atoms with Crippen molar-refractivity contribution in [1.29, 1.82) is 0 Å². The topological polar surface area (TPSA) is 82.9 Å². The minimum absolute atomic E-state index is 0.0882. The van der Waals surface area contributed by atoms with Gasteiger partial charge in [0.15, 0.2) is 5.17 Å². The highest BCUT2D eigenvalue weighted by atomic mass is 32.2. The largest absolute Gasteiger partial charge is 0.326 e. The molecule has 1 aromatic rings. The van der Waals surface area contributed by atoms with E-state index in [2.05, 4.69) is 47.7 Å². The molecular weight excluding hydrogens is 396 g/mol. The molecule has 1 aromatic carbocycles. The first-order chi connectivity index (χ1) is 14.0. The number of nitrogens with one attached hydrogen (secondary N) is 2. The number of carbonyl (C=O) groups is 2. The third-order valence-corrected chi connectivity index (χ3v) is 6.26. The smallest absolute Gasteiger partial charge is 0.240 e. The fourth-order valence-electron chi connectivity index (χ4n) is 4.19. The summed E-state index contributed by atoms with van der Waals surface area (Å²) in [5, 5.41) is 14.2. The van der Waals surface area contributed by atoms with Crippen molar-refractivity contribution >= 4 is 40.1 Å². The van der Waals surface area contributed by atoms with Crippen molar-refractivity contribution < 1.29 is 9.59 Å². The van der Waals surface area contributed by atoms with E-state index in [-0.39, 0.29) is 23.7 Å². The lowest BCUT2D eigenvalue weighted by Crippen LogP contribution is -2.28. The summed E-state index contributed by atoms with van der Waals surface area (Å²) < 4.78 is 0. The fourth-order valence-corrected chi connectivity index (χ4v) is 5.11. The first-order valence-corrected chi connectivity index (χ1v) is 11.1. The molecule has 1 saturated heterocycles. The third-order valence-electron chi connectivity index (χ3n) is 5.19. The van der Waals surface area contributed by atoms with Gasteiger partial charge in [-0.3, -0.25) is 9.59 Å². The Kier molecular flexibility index (Phi) is 6.50. The Hall–Kier alpha value is -2.41. The molecule has 2 aliphatic rings. The van der Waals surface area contributed by atoms with Gasteiger partial charge in [-0.2, -0.15) is 5.10 Å². The number of thioether (sulfide) groups is 1. The molecule has 1 fully saturated rings. The van der Waals surface area contributed by atoms with E-state index in [1.165, 1.54) is 17.3 Å². The Morgan fingerprint density at radius 3 is 2.47 bits per heavy atom. The van der Waals surface area contributed by atoms with Crippen molar-refractivity contribution in [2.24, 2.45) is 15.6 Å². The second kappa shape index (κ2) is 8.76. The number of aryl methyl sites for hydroxylation is 3. The predicted octanol–water partition coefficient (Wildman–Crippen LogP) is 4.65. The van der Waals surface area contributed by atoms with Crippen LogP contribution in [0.4, 0.5) is 5.69 Å². The molecule has 0 unspecified atom stereocenters. The van der Waals surface area contributed by atoms with Gasteiger partial charge in [-0.05, 0) is 63.2 Å². The van der Waals surface area contributed by atoms with Crippen LogP contribution in [0.5, 0.6) is 0 Å². The van der Waals surface area contributed by atoms with Gasteiger partial charge in [0.2, 0.25) is 11.8 Å². The molecule has 0 radical (unpaired) electrons. The van der Waals surface area contributed by atoms with E-state index in [0.29, 0.717) is 5.17 Å². The number of benzene rings is 1. The minimum atomic E-state index is -0.505. The van der Waals surface area contributed by atoms with Crippen molar-refractivity contribution in [3.63, 3.8) is 0 Å².